The topological polar surface area (TPSA) is 9.23 Å². The van der Waals surface area contributed by atoms with Crippen LogP contribution in [-0.4, -0.2) is 23.0 Å². The number of hydrogen-bond acceptors (Lipinski definition) is 2. The van der Waals surface area contributed by atoms with E-state index in [4.69, 9.17) is 4.43 Å². The third-order valence-corrected chi connectivity index (χ3v) is 17.0. The fourth-order valence-electron chi connectivity index (χ4n) is 4.47. The first-order valence-electron chi connectivity index (χ1n) is 11.0. The van der Waals surface area contributed by atoms with Gasteiger partial charge in [-0.25, -0.2) is 0 Å². The molecule has 0 fully saturated rings. The van der Waals surface area contributed by atoms with E-state index in [9.17, 15) is 0 Å². The van der Waals surface area contributed by atoms with E-state index in [-0.39, 0.29) is 5.04 Å². The molecule has 0 aliphatic rings. The first kappa shape index (κ1) is 24.7. The highest BCUT2D eigenvalue weighted by atomic mass is 79.9. The van der Waals surface area contributed by atoms with Crippen molar-refractivity contribution in [1.29, 1.82) is 0 Å². The molecule has 1 heterocycles. The summed E-state index contributed by atoms with van der Waals surface area (Å²) in [5, 5.41) is 2.71. The van der Waals surface area contributed by atoms with E-state index in [2.05, 4.69) is 124 Å². The average Bonchev–Trinajstić information content (AvgIpc) is 3.00. The Morgan fingerprint density at radius 3 is 1.77 bits per heavy atom. The van der Waals surface area contributed by atoms with Crippen molar-refractivity contribution in [3.63, 3.8) is 0 Å². The van der Waals surface area contributed by atoms with Crippen LogP contribution >= 0.6 is 27.3 Å². The molecule has 0 radical (unpaired) electrons. The summed E-state index contributed by atoms with van der Waals surface area (Å²) in [5.74, 6) is 0. The summed E-state index contributed by atoms with van der Waals surface area (Å²) in [4.78, 5) is 1.39. The summed E-state index contributed by atoms with van der Waals surface area (Å²) in [6.07, 6.45) is 0.953. The van der Waals surface area contributed by atoms with Crippen LogP contribution in [0.25, 0.3) is 0 Å². The zero-order valence-corrected chi connectivity index (χ0v) is 24.3. The molecule has 5 heteroatoms. The molecule has 166 valence electrons. The quantitative estimate of drug-likeness (QED) is 0.317. The molecule has 1 nitrogen and oxygen atoms in total. The summed E-state index contributed by atoms with van der Waals surface area (Å²) in [6.45, 7) is 17.3. The highest BCUT2D eigenvalue weighted by Gasteiger charge is 2.50. The number of hydrogen-bond donors (Lipinski definition) is 0. The third-order valence-electron chi connectivity index (χ3n) is 5.87. The predicted molar refractivity (Wildman–Crippen MR) is 147 cm³/mol. The lowest BCUT2D eigenvalue weighted by Crippen LogP contribution is -2.66. The second kappa shape index (κ2) is 9.48. The lowest BCUT2D eigenvalue weighted by atomic mass is 10.2. The van der Waals surface area contributed by atoms with Gasteiger partial charge in [0.1, 0.15) is 0 Å². The minimum atomic E-state index is -2.48. The standard InChI is InChI=1S/C26H35BrOSSi2/c1-20-24(27)23(25(29-20)30(5,6)7)18-19-28-31(26(2,3)4,21-14-10-8-11-15-21)22-16-12-9-13-17-22/h8-17H,18-19H2,1-7H3. The van der Waals surface area contributed by atoms with Gasteiger partial charge in [0.2, 0.25) is 0 Å². The first-order chi connectivity index (χ1) is 14.5. The van der Waals surface area contributed by atoms with Crippen molar-refractivity contribution in [2.75, 3.05) is 6.61 Å². The van der Waals surface area contributed by atoms with Crippen molar-refractivity contribution in [3.05, 3.63) is 75.6 Å². The fourth-order valence-corrected chi connectivity index (χ4v) is 13.7. The molecule has 0 aliphatic heterocycles. The largest absolute Gasteiger partial charge is 0.407 e. The van der Waals surface area contributed by atoms with Crippen molar-refractivity contribution < 1.29 is 4.43 Å². The van der Waals surface area contributed by atoms with Crippen molar-refractivity contribution >= 4 is 58.5 Å². The van der Waals surface area contributed by atoms with Crippen LogP contribution in [-0.2, 0) is 10.8 Å². The molecule has 31 heavy (non-hydrogen) atoms. The zero-order valence-electron chi connectivity index (χ0n) is 19.9. The van der Waals surface area contributed by atoms with Crippen LogP contribution < -0.4 is 14.9 Å². The van der Waals surface area contributed by atoms with Gasteiger partial charge in [0.25, 0.3) is 8.32 Å². The Hall–Kier alpha value is -0.986. The summed E-state index contributed by atoms with van der Waals surface area (Å²) < 4.78 is 10.0. The van der Waals surface area contributed by atoms with Gasteiger partial charge in [-0.05, 0) is 54.8 Å². The molecule has 1 aromatic heterocycles. The molecule has 0 spiro atoms. The molecule has 0 amide bonds. The van der Waals surface area contributed by atoms with Crippen molar-refractivity contribution in [3.8, 4) is 0 Å². The molecule has 0 unspecified atom stereocenters. The van der Waals surface area contributed by atoms with Crippen LogP contribution in [0.4, 0.5) is 0 Å². The van der Waals surface area contributed by atoms with Gasteiger partial charge in [-0.1, -0.05) is 101 Å². The van der Waals surface area contributed by atoms with E-state index >= 15 is 0 Å². The van der Waals surface area contributed by atoms with Crippen molar-refractivity contribution in [1.82, 2.24) is 0 Å². The predicted octanol–water partition coefficient (Wildman–Crippen LogP) is 6.48. The lowest BCUT2D eigenvalue weighted by Gasteiger charge is -2.43. The van der Waals surface area contributed by atoms with Gasteiger partial charge < -0.3 is 4.43 Å². The molecule has 0 atom stereocenters. The van der Waals surface area contributed by atoms with Crippen LogP contribution in [0.5, 0.6) is 0 Å². The van der Waals surface area contributed by atoms with Crippen LogP contribution in [0.3, 0.4) is 0 Å². The lowest BCUT2D eigenvalue weighted by molar-refractivity contribution is 0.302. The SMILES string of the molecule is Cc1sc([Si](C)(C)C)c(CCO[Si](c2ccccc2)(c2ccccc2)C(C)(C)C)c1Br. The minimum Gasteiger partial charge on any atom is -0.407 e. The van der Waals surface area contributed by atoms with Gasteiger partial charge in [-0.15, -0.1) is 11.3 Å². The molecule has 0 aliphatic carbocycles. The Balaban J connectivity index is 2.02. The fraction of sp³-hybridized carbons (Fsp3) is 0.385. The zero-order chi connectivity index (χ0) is 22.9. The second-order valence-corrected chi connectivity index (χ2v) is 22.0. The second-order valence-electron chi connectivity index (χ2n) is 10.3. The van der Waals surface area contributed by atoms with E-state index in [0.717, 1.165) is 13.0 Å². The maximum atomic E-state index is 7.14. The van der Waals surface area contributed by atoms with Crippen molar-refractivity contribution in [2.45, 2.75) is 58.8 Å². The van der Waals surface area contributed by atoms with Gasteiger partial charge in [-0.3, -0.25) is 0 Å². The number of halogens is 1. The summed E-state index contributed by atoms with van der Waals surface area (Å²) in [6, 6.07) is 21.9. The van der Waals surface area contributed by atoms with Gasteiger partial charge in [0, 0.05) is 16.0 Å². The van der Waals surface area contributed by atoms with Crippen LogP contribution in [0, 0.1) is 6.92 Å². The van der Waals surface area contributed by atoms with Gasteiger partial charge in [-0.2, -0.15) is 0 Å². The maximum Gasteiger partial charge on any atom is 0.261 e. The molecule has 2 aromatic carbocycles. The highest BCUT2D eigenvalue weighted by Crippen LogP contribution is 2.37. The van der Waals surface area contributed by atoms with Gasteiger partial charge in [0.15, 0.2) is 0 Å². The number of rotatable bonds is 7. The van der Waals surface area contributed by atoms with E-state index in [1.807, 2.05) is 11.3 Å². The van der Waals surface area contributed by atoms with Gasteiger partial charge in [0.05, 0.1) is 8.07 Å². The Morgan fingerprint density at radius 1 is 0.871 bits per heavy atom. The Kier molecular flexibility index (Phi) is 7.54. The van der Waals surface area contributed by atoms with E-state index in [1.165, 1.54) is 25.3 Å². The Morgan fingerprint density at radius 2 is 1.35 bits per heavy atom. The number of thiophene rings is 1. The summed E-state index contributed by atoms with van der Waals surface area (Å²) in [5.41, 5.74) is 1.47. The third kappa shape index (κ3) is 5.01. The molecule has 0 bridgehead atoms. The van der Waals surface area contributed by atoms with E-state index in [1.54, 1.807) is 4.50 Å². The van der Waals surface area contributed by atoms with Crippen LogP contribution in [0.1, 0.15) is 31.2 Å². The monoisotopic (exact) mass is 530 g/mol. The maximum absolute atomic E-state index is 7.14. The van der Waals surface area contributed by atoms with Crippen LogP contribution in [0.2, 0.25) is 24.7 Å². The Bertz CT molecular complexity index is 962. The molecule has 0 saturated heterocycles. The molecule has 0 N–H and O–H groups in total. The minimum absolute atomic E-state index is 0.0130. The number of benzene rings is 2. The number of aryl methyl sites for hydroxylation is 1. The van der Waals surface area contributed by atoms with Gasteiger partial charge >= 0.3 is 0 Å². The molecule has 0 saturated carbocycles. The summed E-state index contributed by atoms with van der Waals surface area (Å²) >= 11 is 5.87. The molecular formula is C26H35BrOSSi2. The molecule has 3 aromatic rings. The first-order valence-corrected chi connectivity index (χ1v) is 18.0. The van der Waals surface area contributed by atoms with Crippen molar-refractivity contribution in [2.24, 2.45) is 0 Å². The molecular weight excluding hydrogens is 496 g/mol. The average molecular weight is 532 g/mol. The van der Waals surface area contributed by atoms with E-state index < -0.39 is 16.4 Å². The highest BCUT2D eigenvalue weighted by molar-refractivity contribution is 9.10. The van der Waals surface area contributed by atoms with E-state index in [0.29, 0.717) is 0 Å². The Labute approximate surface area is 203 Å². The normalized spacial score (nSPS) is 12.9. The smallest absolute Gasteiger partial charge is 0.261 e. The molecule has 3 rings (SSSR count). The van der Waals surface area contributed by atoms with Crippen LogP contribution in [0.15, 0.2) is 65.1 Å². The summed E-state index contributed by atoms with van der Waals surface area (Å²) in [7, 11) is -3.88.